The second-order valence-electron chi connectivity index (χ2n) is 10.4. The van der Waals surface area contributed by atoms with E-state index in [1.165, 1.54) is 16.7 Å². The summed E-state index contributed by atoms with van der Waals surface area (Å²) >= 11 is 0. The van der Waals surface area contributed by atoms with Crippen molar-refractivity contribution in [3.8, 4) is 0 Å². The van der Waals surface area contributed by atoms with E-state index in [0.29, 0.717) is 0 Å². The molecule has 36 heavy (non-hydrogen) atoms. The van der Waals surface area contributed by atoms with E-state index in [4.69, 9.17) is 9.31 Å². The predicted octanol–water partition coefficient (Wildman–Crippen LogP) is 7.52. The van der Waals surface area contributed by atoms with Crippen LogP contribution in [-0.4, -0.2) is 18.3 Å². The fourth-order valence-corrected chi connectivity index (χ4v) is 4.77. The summed E-state index contributed by atoms with van der Waals surface area (Å²) in [5.41, 5.74) is 13.5. The highest BCUT2D eigenvalue weighted by molar-refractivity contribution is 6.65. The summed E-state index contributed by atoms with van der Waals surface area (Å²) in [5.74, 6) is 0. The van der Waals surface area contributed by atoms with Crippen molar-refractivity contribution in [2.45, 2.75) is 45.8 Å². The normalized spacial score (nSPS) is 17.4. The third-order valence-electron chi connectivity index (χ3n) is 7.66. The highest BCUT2D eigenvalue weighted by Gasteiger charge is 2.52. The van der Waals surface area contributed by atoms with Gasteiger partial charge in [-0.2, -0.15) is 0 Å². The topological polar surface area (TPSA) is 18.5 Å². The largest absolute Gasteiger partial charge is 0.495 e. The van der Waals surface area contributed by atoms with E-state index in [2.05, 4.69) is 119 Å². The van der Waals surface area contributed by atoms with Crippen LogP contribution in [0.15, 0.2) is 84.8 Å². The van der Waals surface area contributed by atoms with Crippen molar-refractivity contribution >= 4 is 47.2 Å². The standard InChI is InChI=1S/C33H31BO2/c1-7-24(17-18-25-19-20-26-13-9-8-10-14-27(26)23(25)2)28-21-22-31(30-16-12-11-15-29(28)30)34-35-32(3,4)33(5,6)36-34/h8-9,11-22H,1H2,2-6H3/b18-17-. The minimum absolute atomic E-state index is 0.390. The summed E-state index contributed by atoms with van der Waals surface area (Å²) in [4.78, 5) is 0. The lowest BCUT2D eigenvalue weighted by Crippen LogP contribution is -2.41. The average Bonchev–Trinajstić information content (AvgIpc) is 3.00. The first-order valence-corrected chi connectivity index (χ1v) is 12.4. The lowest BCUT2D eigenvalue weighted by atomic mass is 9.75. The number of fused-ring (bicyclic) bond motifs is 2. The van der Waals surface area contributed by atoms with Gasteiger partial charge in [-0.1, -0.05) is 73.3 Å². The van der Waals surface area contributed by atoms with E-state index in [0.717, 1.165) is 32.9 Å². The molecule has 0 bridgehead atoms. The molecular formula is C33H31BO2. The fraction of sp³-hybridized carbons (Fsp3) is 0.212. The van der Waals surface area contributed by atoms with Crippen LogP contribution in [0, 0.1) is 6.92 Å². The Morgan fingerprint density at radius 3 is 2.42 bits per heavy atom. The van der Waals surface area contributed by atoms with Crippen LogP contribution in [0.1, 0.15) is 55.5 Å². The van der Waals surface area contributed by atoms with Crippen molar-refractivity contribution in [1.82, 2.24) is 0 Å². The van der Waals surface area contributed by atoms with Crippen molar-refractivity contribution in [2.75, 3.05) is 0 Å². The Bertz CT molecular complexity index is 1520. The molecule has 2 aliphatic rings. The quantitative estimate of drug-likeness (QED) is 0.223. The summed E-state index contributed by atoms with van der Waals surface area (Å²) in [6, 6.07) is 17.0. The molecule has 0 atom stereocenters. The number of hydrogen-bond acceptors (Lipinski definition) is 2. The van der Waals surface area contributed by atoms with E-state index in [1.54, 1.807) is 0 Å². The van der Waals surface area contributed by atoms with E-state index in [-0.39, 0.29) is 11.2 Å². The van der Waals surface area contributed by atoms with E-state index in [1.807, 2.05) is 18.2 Å². The Kier molecular flexibility index (Phi) is 6.13. The van der Waals surface area contributed by atoms with Crippen molar-refractivity contribution in [3.05, 3.63) is 113 Å². The Hall–Kier alpha value is -3.58. The van der Waals surface area contributed by atoms with Crippen molar-refractivity contribution in [1.29, 1.82) is 0 Å². The van der Waals surface area contributed by atoms with Crippen LogP contribution in [0.5, 0.6) is 0 Å². The van der Waals surface area contributed by atoms with Gasteiger partial charge in [0, 0.05) is 5.57 Å². The maximum atomic E-state index is 6.37. The van der Waals surface area contributed by atoms with Gasteiger partial charge >= 0.3 is 7.12 Å². The third kappa shape index (κ3) is 4.18. The number of allylic oxidation sites excluding steroid dienone is 4. The summed E-state index contributed by atoms with van der Waals surface area (Å²) in [6.45, 7) is 14.5. The molecule has 0 N–H and O–H groups in total. The zero-order valence-electron chi connectivity index (χ0n) is 21.7. The highest BCUT2D eigenvalue weighted by atomic mass is 16.7. The first kappa shape index (κ1) is 24.1. The van der Waals surface area contributed by atoms with Crippen molar-refractivity contribution in [2.24, 2.45) is 0 Å². The maximum absolute atomic E-state index is 6.37. The van der Waals surface area contributed by atoms with Crippen LogP contribution in [0.25, 0.3) is 34.6 Å². The van der Waals surface area contributed by atoms with E-state index < -0.39 is 7.12 Å². The van der Waals surface area contributed by atoms with Gasteiger partial charge in [-0.25, -0.2) is 0 Å². The maximum Gasteiger partial charge on any atom is 0.495 e. The Balaban J connectivity index is 1.53. The summed E-state index contributed by atoms with van der Waals surface area (Å²) in [6.07, 6.45) is 12.4. The van der Waals surface area contributed by atoms with Crippen LogP contribution in [0.4, 0.5) is 0 Å². The smallest absolute Gasteiger partial charge is 0.399 e. The molecule has 0 unspecified atom stereocenters. The Labute approximate surface area is 214 Å². The van der Waals surface area contributed by atoms with Gasteiger partial charge in [-0.15, -0.1) is 11.5 Å². The first-order valence-electron chi connectivity index (χ1n) is 12.4. The molecule has 1 fully saturated rings. The minimum atomic E-state index is -0.418. The predicted molar refractivity (Wildman–Crippen MR) is 154 cm³/mol. The lowest BCUT2D eigenvalue weighted by Gasteiger charge is -2.32. The molecular weight excluding hydrogens is 439 g/mol. The van der Waals surface area contributed by atoms with Gasteiger partial charge in [0.2, 0.25) is 0 Å². The molecule has 1 heterocycles. The van der Waals surface area contributed by atoms with Crippen LogP contribution in [-0.2, 0) is 9.31 Å². The number of hydrogen-bond donors (Lipinski definition) is 0. The minimum Gasteiger partial charge on any atom is -0.399 e. The molecule has 3 heteroatoms. The molecule has 178 valence electrons. The molecule has 1 saturated heterocycles. The molecule has 1 aliphatic carbocycles. The molecule has 0 spiro atoms. The first-order chi connectivity index (χ1) is 17.2. The Morgan fingerprint density at radius 1 is 0.972 bits per heavy atom. The zero-order valence-corrected chi connectivity index (χ0v) is 21.7. The second-order valence-corrected chi connectivity index (χ2v) is 10.4. The molecule has 3 aromatic rings. The molecule has 0 amide bonds. The molecule has 0 saturated carbocycles. The lowest BCUT2D eigenvalue weighted by molar-refractivity contribution is 0.00578. The van der Waals surface area contributed by atoms with Gasteiger partial charge in [0.05, 0.1) is 11.2 Å². The van der Waals surface area contributed by atoms with Gasteiger partial charge < -0.3 is 9.31 Å². The SMILES string of the molecule is C=C=C(/C=C\c1ccc2c(c1C)C=C=CC=C2)c1ccc(B2OC(C)(C)C(C)(C)O2)c2ccccc12. The van der Waals surface area contributed by atoms with Crippen LogP contribution in [0.3, 0.4) is 0 Å². The molecule has 0 aromatic heterocycles. The number of rotatable bonds is 4. The van der Waals surface area contributed by atoms with E-state index in [9.17, 15) is 0 Å². The van der Waals surface area contributed by atoms with Gasteiger partial charge in [-0.05, 0) is 96.9 Å². The number of benzene rings is 3. The average molecular weight is 470 g/mol. The van der Waals surface area contributed by atoms with Crippen LogP contribution in [0.2, 0.25) is 0 Å². The monoisotopic (exact) mass is 470 g/mol. The Morgan fingerprint density at radius 2 is 1.69 bits per heavy atom. The van der Waals surface area contributed by atoms with Gasteiger partial charge in [0.1, 0.15) is 0 Å². The highest BCUT2D eigenvalue weighted by Crippen LogP contribution is 2.37. The van der Waals surface area contributed by atoms with Crippen molar-refractivity contribution in [3.63, 3.8) is 0 Å². The molecule has 0 radical (unpaired) electrons. The second kappa shape index (κ2) is 9.14. The summed E-state index contributed by atoms with van der Waals surface area (Å²) < 4.78 is 12.7. The molecule has 1 aliphatic heterocycles. The van der Waals surface area contributed by atoms with E-state index >= 15 is 0 Å². The summed E-state index contributed by atoms with van der Waals surface area (Å²) in [5, 5.41) is 2.23. The third-order valence-corrected chi connectivity index (χ3v) is 7.66. The van der Waals surface area contributed by atoms with Crippen LogP contribution < -0.4 is 5.46 Å². The van der Waals surface area contributed by atoms with Gasteiger partial charge in [0.25, 0.3) is 0 Å². The fourth-order valence-electron chi connectivity index (χ4n) is 4.77. The van der Waals surface area contributed by atoms with Gasteiger partial charge in [-0.3, -0.25) is 0 Å². The molecule has 2 nitrogen and oxygen atoms in total. The van der Waals surface area contributed by atoms with Gasteiger partial charge in [0.15, 0.2) is 0 Å². The molecule has 3 aromatic carbocycles. The molecule has 5 rings (SSSR count). The zero-order chi connectivity index (χ0) is 25.5. The summed E-state index contributed by atoms with van der Waals surface area (Å²) in [7, 11) is -0.418. The van der Waals surface area contributed by atoms with Crippen LogP contribution >= 0.6 is 0 Å². The van der Waals surface area contributed by atoms with Crippen molar-refractivity contribution < 1.29 is 9.31 Å².